The van der Waals surface area contributed by atoms with Crippen LogP contribution >= 0.6 is 0 Å². The minimum atomic E-state index is -2.48. The predicted molar refractivity (Wildman–Crippen MR) is 207 cm³/mol. The van der Waals surface area contributed by atoms with E-state index in [1.54, 1.807) is 71.9 Å². The molecule has 0 heterocycles. The van der Waals surface area contributed by atoms with Crippen molar-refractivity contribution in [2.24, 2.45) is 10.8 Å². The van der Waals surface area contributed by atoms with Crippen molar-refractivity contribution < 1.29 is 60.1 Å². The van der Waals surface area contributed by atoms with Crippen molar-refractivity contribution in [3.05, 3.63) is 94.8 Å². The lowest BCUT2D eigenvalue weighted by Crippen LogP contribution is -2.57. The molecule has 12 nitrogen and oxygen atoms in total. The predicted octanol–water partition coefficient (Wildman–Crippen LogP) is 8.01. The molecule has 0 aromatic heterocycles. The van der Waals surface area contributed by atoms with Crippen LogP contribution in [0.5, 0.6) is 5.75 Å². The Morgan fingerprint density at radius 3 is 1.61 bits per heavy atom. The first-order valence-electron chi connectivity index (χ1n) is 18.6. The minimum Gasteiger partial charge on any atom is -0.445 e. The van der Waals surface area contributed by atoms with Crippen LogP contribution in [0.2, 0.25) is 0 Å². The zero-order valence-corrected chi connectivity index (χ0v) is 34.4. The second-order valence-electron chi connectivity index (χ2n) is 17.3. The Balaban J connectivity index is 1.96. The van der Waals surface area contributed by atoms with Crippen LogP contribution in [-0.2, 0) is 36.9 Å². The number of hydrogen-bond donors (Lipinski definition) is 4. The molecule has 0 saturated carbocycles. The minimum absolute atomic E-state index is 0.0556. The summed E-state index contributed by atoms with van der Waals surface area (Å²) in [5, 5.41) is 10.1. The highest BCUT2D eigenvalue weighted by molar-refractivity contribution is 5.93. The van der Waals surface area contributed by atoms with Crippen LogP contribution in [0.1, 0.15) is 86.3 Å². The molecule has 0 aliphatic rings. The number of benzene rings is 3. The number of anilines is 1. The summed E-state index contributed by atoms with van der Waals surface area (Å²) in [5.41, 5.74) is -0.948. The summed E-state index contributed by atoms with van der Waals surface area (Å²) in [6.45, 7) is 15.6. The van der Waals surface area contributed by atoms with Gasteiger partial charge < -0.3 is 30.2 Å². The van der Waals surface area contributed by atoms with E-state index in [0.29, 0.717) is 5.56 Å². The summed E-state index contributed by atoms with van der Waals surface area (Å²) in [5.74, 6) is -17.4. The van der Waals surface area contributed by atoms with Gasteiger partial charge in [0.15, 0.2) is 0 Å². The Morgan fingerprint density at radius 2 is 1.08 bits per heavy atom. The van der Waals surface area contributed by atoms with Gasteiger partial charge in [0.25, 0.3) is 0 Å². The van der Waals surface area contributed by atoms with Gasteiger partial charge in [-0.05, 0) is 67.7 Å². The van der Waals surface area contributed by atoms with Gasteiger partial charge in [-0.25, -0.2) is 27.6 Å². The number of esters is 1. The van der Waals surface area contributed by atoms with Gasteiger partial charge in [0.2, 0.25) is 46.6 Å². The van der Waals surface area contributed by atoms with Crippen LogP contribution in [-0.4, -0.2) is 53.7 Å². The Hall–Kier alpha value is -5.74. The average molecular weight is 835 g/mol. The van der Waals surface area contributed by atoms with Gasteiger partial charge in [-0.15, -0.1) is 0 Å². The zero-order chi connectivity index (χ0) is 44.5. The van der Waals surface area contributed by atoms with E-state index in [-0.39, 0.29) is 30.7 Å². The first-order chi connectivity index (χ1) is 27.2. The van der Waals surface area contributed by atoms with Crippen LogP contribution in [0, 0.1) is 39.9 Å². The lowest BCUT2D eigenvalue weighted by Gasteiger charge is -2.31. The van der Waals surface area contributed by atoms with Gasteiger partial charge in [-0.3, -0.25) is 14.9 Å². The average Bonchev–Trinajstić information content (AvgIpc) is 3.11. The van der Waals surface area contributed by atoms with Crippen molar-refractivity contribution in [2.45, 2.75) is 112 Å². The highest BCUT2D eigenvalue weighted by Crippen LogP contribution is 2.30. The van der Waals surface area contributed by atoms with E-state index in [1.165, 1.54) is 24.3 Å². The molecule has 4 N–H and O–H groups in total. The smallest absolute Gasteiger partial charge is 0.412 e. The monoisotopic (exact) mass is 834 g/mol. The Kier molecular flexibility index (Phi) is 16.0. The zero-order valence-electron chi connectivity index (χ0n) is 34.4. The lowest BCUT2D eigenvalue weighted by molar-refractivity contribution is -0.140. The first-order valence-corrected chi connectivity index (χ1v) is 18.6. The quantitative estimate of drug-likeness (QED) is 0.0418. The third-order valence-corrected chi connectivity index (χ3v) is 8.07. The summed E-state index contributed by atoms with van der Waals surface area (Å²) in [4.78, 5) is 66.9. The van der Waals surface area contributed by atoms with Crippen molar-refractivity contribution in [2.75, 3.05) is 5.32 Å². The molecule has 17 heteroatoms. The standard InChI is InChI=1S/C42H51F5N4O8/c1-40(2,3)20-27(50-36(53)28(21-41(4,5)6)51-38(55)57-22-23-14-11-10-12-15-23)35(52)49-26(37(54)58-34-32(46)30(44)29(43)31(45)33(34)47)19-24-16-13-17-25(18-24)48-39(56)59-42(7,8)9/h10-18,26-28H,19-22H2,1-9H3,(H,48,56)(H,49,52)(H,50,53)(H,51,55)/t26?,27-,28+/m0/s1. The highest BCUT2D eigenvalue weighted by Gasteiger charge is 2.36. The molecule has 0 fully saturated rings. The van der Waals surface area contributed by atoms with Crippen molar-refractivity contribution in [3.8, 4) is 5.75 Å². The van der Waals surface area contributed by atoms with E-state index >= 15 is 0 Å². The molecule has 0 spiro atoms. The van der Waals surface area contributed by atoms with Gasteiger partial charge in [0.1, 0.15) is 30.3 Å². The van der Waals surface area contributed by atoms with Crippen LogP contribution < -0.4 is 26.0 Å². The molecule has 3 aromatic carbocycles. The fraction of sp³-hybridized carbons (Fsp3) is 0.452. The molecule has 59 heavy (non-hydrogen) atoms. The second kappa shape index (κ2) is 19.8. The van der Waals surface area contributed by atoms with E-state index in [4.69, 9.17) is 14.2 Å². The number of nitrogens with one attached hydrogen (secondary N) is 4. The Labute approximate surface area is 339 Å². The molecule has 0 aliphatic heterocycles. The number of carbonyl (C=O) groups is 5. The molecule has 0 bridgehead atoms. The molecule has 3 rings (SSSR count). The van der Waals surface area contributed by atoms with Crippen LogP contribution in [0.25, 0.3) is 0 Å². The van der Waals surface area contributed by atoms with E-state index in [1.807, 2.05) is 20.8 Å². The Bertz CT molecular complexity index is 1970. The fourth-order valence-corrected chi connectivity index (χ4v) is 5.57. The molecule has 3 atom stereocenters. The number of halogens is 5. The van der Waals surface area contributed by atoms with Crippen molar-refractivity contribution in [1.82, 2.24) is 16.0 Å². The number of rotatable bonds is 14. The summed E-state index contributed by atoms with van der Waals surface area (Å²) in [6, 6.07) is 10.1. The van der Waals surface area contributed by atoms with E-state index in [0.717, 1.165) is 0 Å². The molecular formula is C42H51F5N4O8. The normalized spacial score (nSPS) is 13.3. The van der Waals surface area contributed by atoms with Gasteiger partial charge in [0, 0.05) is 12.1 Å². The first kappa shape index (κ1) is 47.6. The summed E-state index contributed by atoms with van der Waals surface area (Å²) < 4.78 is 86.6. The molecule has 4 amide bonds. The maximum absolute atomic E-state index is 14.7. The maximum atomic E-state index is 14.7. The maximum Gasteiger partial charge on any atom is 0.412 e. The summed E-state index contributed by atoms with van der Waals surface area (Å²) >= 11 is 0. The topological polar surface area (TPSA) is 161 Å². The number of carbonyl (C=O) groups excluding carboxylic acids is 5. The van der Waals surface area contributed by atoms with E-state index in [9.17, 15) is 45.9 Å². The molecular weight excluding hydrogens is 783 g/mol. The summed E-state index contributed by atoms with van der Waals surface area (Å²) in [6.07, 6.45) is -2.21. The molecule has 0 aliphatic carbocycles. The molecule has 3 aromatic rings. The highest BCUT2D eigenvalue weighted by atomic mass is 19.2. The third kappa shape index (κ3) is 15.5. The van der Waals surface area contributed by atoms with Gasteiger partial charge in [0.05, 0.1) is 0 Å². The van der Waals surface area contributed by atoms with E-state index < -0.39 is 106 Å². The number of hydrogen-bond acceptors (Lipinski definition) is 8. The van der Waals surface area contributed by atoms with Gasteiger partial charge >= 0.3 is 18.2 Å². The Morgan fingerprint density at radius 1 is 0.593 bits per heavy atom. The lowest BCUT2D eigenvalue weighted by atomic mass is 9.86. The molecule has 0 radical (unpaired) electrons. The fourth-order valence-electron chi connectivity index (χ4n) is 5.57. The third-order valence-electron chi connectivity index (χ3n) is 8.07. The van der Waals surface area contributed by atoms with Crippen molar-refractivity contribution in [1.29, 1.82) is 0 Å². The van der Waals surface area contributed by atoms with Crippen molar-refractivity contribution >= 4 is 35.7 Å². The van der Waals surface area contributed by atoms with Gasteiger partial charge in [-0.1, -0.05) is 84.0 Å². The van der Waals surface area contributed by atoms with Crippen LogP contribution in [0.15, 0.2) is 54.6 Å². The largest absolute Gasteiger partial charge is 0.445 e. The molecule has 1 unspecified atom stereocenters. The van der Waals surface area contributed by atoms with Gasteiger partial charge in [-0.2, -0.15) is 8.78 Å². The number of ether oxygens (including phenoxy) is 3. The van der Waals surface area contributed by atoms with Crippen molar-refractivity contribution in [3.63, 3.8) is 0 Å². The second-order valence-corrected chi connectivity index (χ2v) is 17.3. The molecule has 322 valence electrons. The molecule has 0 saturated heterocycles. The number of alkyl carbamates (subject to hydrolysis) is 1. The SMILES string of the molecule is CC(C)(C)C[C@H](NC(=O)[C@@H](CC(C)(C)C)NC(=O)OCc1ccccc1)C(=O)NC(Cc1cccc(NC(=O)OC(C)(C)C)c1)C(=O)Oc1c(F)c(F)c(F)c(F)c1F. The van der Waals surface area contributed by atoms with E-state index in [2.05, 4.69) is 21.3 Å². The van der Waals surface area contributed by atoms with Crippen LogP contribution in [0.4, 0.5) is 37.2 Å². The number of amides is 4. The summed E-state index contributed by atoms with van der Waals surface area (Å²) in [7, 11) is 0. The van der Waals surface area contributed by atoms with Crippen LogP contribution in [0.3, 0.4) is 0 Å².